The molecule has 0 aliphatic rings. The summed E-state index contributed by atoms with van der Waals surface area (Å²) in [6.45, 7) is 4.93. The fraction of sp³-hybridized carbons (Fsp3) is 0.455. The van der Waals surface area contributed by atoms with Crippen molar-refractivity contribution in [2.24, 2.45) is 0 Å². The molecule has 0 aliphatic carbocycles. The van der Waals surface area contributed by atoms with Crippen LogP contribution in [0.1, 0.15) is 32.9 Å². The van der Waals surface area contributed by atoms with Gasteiger partial charge in [-0.15, -0.1) is 0 Å². The van der Waals surface area contributed by atoms with Gasteiger partial charge in [0.2, 0.25) is 5.95 Å². The SMILES string of the molecule is CC(C)(C)OC(=O)Nc1cc(F)nc(C(F)F)c1. The summed E-state index contributed by atoms with van der Waals surface area (Å²) in [4.78, 5) is 14.4. The summed E-state index contributed by atoms with van der Waals surface area (Å²) in [7, 11) is 0. The van der Waals surface area contributed by atoms with E-state index in [1.165, 1.54) is 0 Å². The van der Waals surface area contributed by atoms with Crippen LogP contribution in [0.4, 0.5) is 23.7 Å². The molecular weight excluding hydrogens is 249 g/mol. The Balaban J connectivity index is 2.82. The molecule has 0 radical (unpaired) electrons. The Hall–Kier alpha value is -1.79. The number of hydrogen-bond donors (Lipinski definition) is 1. The number of carbonyl (C=O) groups excluding carboxylic acids is 1. The minimum absolute atomic E-state index is 0.132. The number of carbonyl (C=O) groups is 1. The Labute approximate surface area is 102 Å². The number of nitrogens with one attached hydrogen (secondary N) is 1. The van der Waals surface area contributed by atoms with E-state index in [0.717, 1.165) is 12.1 Å². The van der Waals surface area contributed by atoms with Crippen LogP contribution in [0.5, 0.6) is 0 Å². The summed E-state index contributed by atoms with van der Waals surface area (Å²) in [5.74, 6) is -1.10. The topological polar surface area (TPSA) is 51.2 Å². The molecule has 0 saturated carbocycles. The van der Waals surface area contributed by atoms with Gasteiger partial charge in [-0.25, -0.2) is 18.6 Å². The number of alkyl halides is 2. The summed E-state index contributed by atoms with van der Waals surface area (Å²) in [6.07, 6.45) is -3.77. The van der Waals surface area contributed by atoms with Crippen LogP contribution in [-0.4, -0.2) is 16.7 Å². The van der Waals surface area contributed by atoms with E-state index in [1.807, 2.05) is 0 Å². The van der Waals surface area contributed by atoms with Crippen molar-refractivity contribution in [3.05, 3.63) is 23.8 Å². The lowest BCUT2D eigenvalue weighted by Gasteiger charge is -2.19. The molecule has 1 aromatic rings. The summed E-state index contributed by atoms with van der Waals surface area (Å²) in [5.41, 5.74) is -1.62. The van der Waals surface area contributed by atoms with Gasteiger partial charge in [-0.05, 0) is 26.8 Å². The van der Waals surface area contributed by atoms with Crippen LogP contribution < -0.4 is 5.32 Å². The molecule has 4 nitrogen and oxygen atoms in total. The minimum Gasteiger partial charge on any atom is -0.444 e. The number of hydrogen-bond acceptors (Lipinski definition) is 3. The Morgan fingerprint density at radius 3 is 2.50 bits per heavy atom. The molecule has 18 heavy (non-hydrogen) atoms. The van der Waals surface area contributed by atoms with E-state index in [1.54, 1.807) is 20.8 Å². The van der Waals surface area contributed by atoms with Gasteiger partial charge in [0.15, 0.2) is 0 Å². The lowest BCUT2D eigenvalue weighted by atomic mass is 10.2. The Bertz CT molecular complexity index is 444. The van der Waals surface area contributed by atoms with Crippen LogP contribution in [0, 0.1) is 5.95 Å². The molecule has 0 atom stereocenters. The number of aromatic nitrogens is 1. The van der Waals surface area contributed by atoms with Gasteiger partial charge in [0.1, 0.15) is 11.3 Å². The van der Waals surface area contributed by atoms with Gasteiger partial charge >= 0.3 is 6.09 Å². The summed E-state index contributed by atoms with van der Waals surface area (Å²) >= 11 is 0. The second kappa shape index (κ2) is 5.24. The summed E-state index contributed by atoms with van der Waals surface area (Å²) < 4.78 is 42.6. The highest BCUT2D eigenvalue weighted by atomic mass is 19.3. The summed E-state index contributed by atoms with van der Waals surface area (Å²) in [6, 6.07) is 1.72. The van der Waals surface area contributed by atoms with Crippen molar-refractivity contribution in [1.82, 2.24) is 4.98 Å². The fourth-order valence-corrected chi connectivity index (χ4v) is 1.12. The van der Waals surface area contributed by atoms with Gasteiger partial charge in [-0.2, -0.15) is 4.39 Å². The van der Waals surface area contributed by atoms with Crippen LogP contribution in [0.15, 0.2) is 12.1 Å². The molecule has 1 aromatic heterocycles. The maximum atomic E-state index is 12.9. The van der Waals surface area contributed by atoms with Gasteiger partial charge in [0.25, 0.3) is 6.43 Å². The highest BCUT2D eigenvalue weighted by Gasteiger charge is 2.18. The lowest BCUT2D eigenvalue weighted by Crippen LogP contribution is -2.27. The van der Waals surface area contributed by atoms with Gasteiger partial charge in [-0.1, -0.05) is 0 Å². The maximum Gasteiger partial charge on any atom is 0.412 e. The minimum atomic E-state index is -2.92. The molecule has 1 rings (SSSR count). The first kappa shape index (κ1) is 14.3. The number of ether oxygens (including phenoxy) is 1. The molecular formula is C11H13F3N2O2. The van der Waals surface area contributed by atoms with Crippen LogP contribution in [0.25, 0.3) is 0 Å². The third kappa shape index (κ3) is 4.60. The molecule has 7 heteroatoms. The maximum absolute atomic E-state index is 12.9. The molecule has 0 aliphatic heterocycles. The van der Waals surface area contributed by atoms with Gasteiger partial charge in [-0.3, -0.25) is 5.32 Å². The first-order chi connectivity index (χ1) is 8.17. The highest BCUT2D eigenvalue weighted by Crippen LogP contribution is 2.21. The lowest BCUT2D eigenvalue weighted by molar-refractivity contribution is 0.0635. The number of pyridine rings is 1. The van der Waals surface area contributed by atoms with E-state index >= 15 is 0 Å². The van der Waals surface area contributed by atoms with Crippen molar-refractivity contribution in [2.45, 2.75) is 32.8 Å². The standard InChI is InChI=1S/C11H13F3N2O2/c1-11(2,3)18-10(17)15-6-4-7(9(13)14)16-8(12)5-6/h4-5,9H,1-3H3,(H,15,16,17). The van der Waals surface area contributed by atoms with Crippen molar-refractivity contribution in [2.75, 3.05) is 5.32 Å². The normalized spacial score (nSPS) is 11.5. The predicted molar refractivity (Wildman–Crippen MR) is 59.0 cm³/mol. The number of halogens is 3. The highest BCUT2D eigenvalue weighted by molar-refractivity contribution is 5.84. The van der Waals surface area contributed by atoms with Crippen molar-refractivity contribution < 1.29 is 22.7 Å². The van der Waals surface area contributed by atoms with E-state index in [2.05, 4.69) is 10.3 Å². The van der Waals surface area contributed by atoms with E-state index < -0.39 is 29.8 Å². The number of nitrogens with zero attached hydrogens (tertiary/aromatic N) is 1. The average molecular weight is 262 g/mol. The zero-order valence-corrected chi connectivity index (χ0v) is 10.1. The number of anilines is 1. The molecule has 1 N–H and O–H groups in total. The molecule has 100 valence electrons. The van der Waals surface area contributed by atoms with Crippen molar-refractivity contribution in [3.8, 4) is 0 Å². The van der Waals surface area contributed by atoms with Crippen molar-refractivity contribution in [1.29, 1.82) is 0 Å². The molecule has 0 fully saturated rings. The zero-order chi connectivity index (χ0) is 13.9. The molecule has 0 saturated heterocycles. The fourth-order valence-electron chi connectivity index (χ4n) is 1.12. The molecule has 0 aromatic carbocycles. The van der Waals surface area contributed by atoms with E-state index in [0.29, 0.717) is 0 Å². The predicted octanol–water partition coefficient (Wildman–Crippen LogP) is 3.51. The van der Waals surface area contributed by atoms with Gasteiger partial charge in [0.05, 0.1) is 5.69 Å². The van der Waals surface area contributed by atoms with Crippen molar-refractivity contribution in [3.63, 3.8) is 0 Å². The first-order valence-corrected chi connectivity index (χ1v) is 5.13. The van der Waals surface area contributed by atoms with Crippen LogP contribution >= 0.6 is 0 Å². The quantitative estimate of drug-likeness (QED) is 0.830. The second-order valence-electron chi connectivity index (χ2n) is 4.53. The smallest absolute Gasteiger partial charge is 0.412 e. The summed E-state index contributed by atoms with van der Waals surface area (Å²) in [5, 5.41) is 2.16. The molecule has 1 heterocycles. The van der Waals surface area contributed by atoms with Crippen molar-refractivity contribution >= 4 is 11.8 Å². The Kier molecular flexibility index (Phi) is 4.15. The molecule has 0 bridgehead atoms. The van der Waals surface area contributed by atoms with Crippen LogP contribution in [-0.2, 0) is 4.74 Å². The van der Waals surface area contributed by atoms with E-state index in [4.69, 9.17) is 4.74 Å². The van der Waals surface area contributed by atoms with Gasteiger partial charge in [0, 0.05) is 6.07 Å². The van der Waals surface area contributed by atoms with E-state index in [-0.39, 0.29) is 5.69 Å². The first-order valence-electron chi connectivity index (χ1n) is 5.13. The number of amides is 1. The van der Waals surface area contributed by atoms with Gasteiger partial charge < -0.3 is 4.74 Å². The Morgan fingerprint density at radius 2 is 2.00 bits per heavy atom. The second-order valence-corrected chi connectivity index (χ2v) is 4.53. The largest absolute Gasteiger partial charge is 0.444 e. The monoisotopic (exact) mass is 262 g/mol. The third-order valence-electron chi connectivity index (χ3n) is 1.68. The molecule has 0 unspecified atom stereocenters. The zero-order valence-electron chi connectivity index (χ0n) is 10.1. The van der Waals surface area contributed by atoms with Crippen LogP contribution in [0.2, 0.25) is 0 Å². The Morgan fingerprint density at radius 1 is 1.39 bits per heavy atom. The number of rotatable bonds is 2. The van der Waals surface area contributed by atoms with E-state index in [9.17, 15) is 18.0 Å². The molecule has 0 spiro atoms. The average Bonchev–Trinajstić information content (AvgIpc) is 2.12. The molecule has 1 amide bonds. The van der Waals surface area contributed by atoms with Crippen LogP contribution in [0.3, 0.4) is 0 Å². The third-order valence-corrected chi connectivity index (χ3v) is 1.68.